The quantitative estimate of drug-likeness (QED) is 0.826. The molecule has 2 aliphatic carbocycles. The molecule has 132 valence electrons. The van der Waals surface area contributed by atoms with E-state index in [0.717, 1.165) is 49.5 Å². The summed E-state index contributed by atoms with van der Waals surface area (Å²) in [5, 5.41) is 4.27. The molecule has 5 rings (SSSR count). The molecule has 0 spiro atoms. The maximum Gasteiger partial charge on any atom is 0.235 e. The van der Waals surface area contributed by atoms with E-state index >= 15 is 0 Å². The Balaban J connectivity index is 1.42. The molecule has 1 aliphatic heterocycles. The third-order valence-electron chi connectivity index (χ3n) is 6.04. The van der Waals surface area contributed by atoms with E-state index in [4.69, 9.17) is 14.2 Å². The third-order valence-corrected chi connectivity index (χ3v) is 6.04. The molecule has 7 nitrogen and oxygen atoms in total. The number of ether oxygens (including phenoxy) is 1. The highest BCUT2D eigenvalue weighted by molar-refractivity contribution is 5.39. The van der Waals surface area contributed by atoms with Crippen LogP contribution in [0.15, 0.2) is 16.8 Å². The summed E-state index contributed by atoms with van der Waals surface area (Å²) < 4.78 is 11.0. The van der Waals surface area contributed by atoms with Gasteiger partial charge >= 0.3 is 0 Å². The normalized spacial score (nSPS) is 28.4. The van der Waals surface area contributed by atoms with Crippen LogP contribution in [0.5, 0.6) is 5.88 Å². The minimum atomic E-state index is -0.0404. The number of methoxy groups -OCH3 is 1. The van der Waals surface area contributed by atoms with Gasteiger partial charge in [0, 0.05) is 31.8 Å². The highest BCUT2D eigenvalue weighted by Gasteiger charge is 2.54. The smallest absolute Gasteiger partial charge is 0.235 e. The van der Waals surface area contributed by atoms with Gasteiger partial charge in [-0.2, -0.15) is 9.97 Å². The molecule has 2 atom stereocenters. The average Bonchev–Trinajstić information content (AvgIpc) is 3.03. The number of hydrogen-bond acceptors (Lipinski definition) is 7. The van der Waals surface area contributed by atoms with Crippen molar-refractivity contribution in [3.63, 3.8) is 0 Å². The zero-order chi connectivity index (χ0) is 16.9. The van der Waals surface area contributed by atoms with Crippen LogP contribution in [0.4, 0.5) is 5.95 Å². The van der Waals surface area contributed by atoms with Crippen LogP contribution in [0.1, 0.15) is 43.8 Å². The number of rotatable bonds is 5. The van der Waals surface area contributed by atoms with Gasteiger partial charge < -0.3 is 14.2 Å². The summed E-state index contributed by atoms with van der Waals surface area (Å²) in [6, 6.07) is 1.78. The number of nitrogens with zero attached hydrogens (tertiary/aromatic N) is 5. The number of aromatic nitrogens is 4. The largest absolute Gasteiger partial charge is 0.481 e. The Labute approximate surface area is 146 Å². The summed E-state index contributed by atoms with van der Waals surface area (Å²) in [7, 11) is 1.63. The lowest BCUT2D eigenvalue weighted by molar-refractivity contribution is 0.265. The van der Waals surface area contributed by atoms with Gasteiger partial charge in [-0.15, -0.1) is 0 Å². The van der Waals surface area contributed by atoms with Crippen molar-refractivity contribution in [2.75, 3.05) is 25.1 Å². The number of fused-ring (bicyclic) bond motifs is 1. The molecule has 25 heavy (non-hydrogen) atoms. The van der Waals surface area contributed by atoms with E-state index in [1.54, 1.807) is 19.4 Å². The Bertz CT molecular complexity index is 774. The van der Waals surface area contributed by atoms with Crippen molar-refractivity contribution in [3.8, 4) is 5.88 Å². The van der Waals surface area contributed by atoms with Crippen molar-refractivity contribution >= 4 is 5.95 Å². The Morgan fingerprint density at radius 1 is 1.32 bits per heavy atom. The molecule has 3 heterocycles. The Morgan fingerprint density at radius 3 is 3.08 bits per heavy atom. The summed E-state index contributed by atoms with van der Waals surface area (Å²) in [5.41, 5.74) is -0.0404. The average molecular weight is 341 g/mol. The van der Waals surface area contributed by atoms with Crippen LogP contribution in [0.25, 0.3) is 0 Å². The summed E-state index contributed by atoms with van der Waals surface area (Å²) >= 11 is 0. The summed E-state index contributed by atoms with van der Waals surface area (Å²) in [4.78, 5) is 16.0. The van der Waals surface area contributed by atoms with Gasteiger partial charge in [-0.3, -0.25) is 0 Å². The molecule has 0 N–H and O–H groups in total. The van der Waals surface area contributed by atoms with E-state index < -0.39 is 0 Å². The zero-order valence-electron chi connectivity index (χ0n) is 14.5. The van der Waals surface area contributed by atoms with Crippen molar-refractivity contribution in [2.45, 2.75) is 43.9 Å². The number of anilines is 1. The van der Waals surface area contributed by atoms with E-state index in [1.165, 1.54) is 25.7 Å². The lowest BCUT2D eigenvalue weighted by Gasteiger charge is -2.24. The van der Waals surface area contributed by atoms with Crippen LogP contribution in [-0.4, -0.2) is 40.3 Å². The summed E-state index contributed by atoms with van der Waals surface area (Å²) in [6.07, 6.45) is 8.84. The highest BCUT2D eigenvalue weighted by Crippen LogP contribution is 2.50. The van der Waals surface area contributed by atoms with Crippen LogP contribution in [-0.2, 0) is 11.8 Å². The van der Waals surface area contributed by atoms with Gasteiger partial charge in [0.15, 0.2) is 5.82 Å². The molecule has 0 radical (unpaired) electrons. The molecule has 0 bridgehead atoms. The second kappa shape index (κ2) is 5.68. The lowest BCUT2D eigenvalue weighted by atomic mass is 9.80. The SMILES string of the molecule is COc1ccnc(N2C[C@H]3CCC[C@@]3(c3nc(CC4CC4)no3)C2)n1. The lowest BCUT2D eigenvalue weighted by Crippen LogP contribution is -2.32. The van der Waals surface area contributed by atoms with Gasteiger partial charge in [-0.1, -0.05) is 11.6 Å². The monoisotopic (exact) mass is 341 g/mol. The summed E-state index contributed by atoms with van der Waals surface area (Å²) in [6.45, 7) is 1.78. The predicted octanol–water partition coefficient (Wildman–Crippen LogP) is 2.38. The minimum absolute atomic E-state index is 0.0404. The fourth-order valence-corrected chi connectivity index (χ4v) is 4.51. The first-order valence-electron chi connectivity index (χ1n) is 9.22. The molecule has 0 amide bonds. The van der Waals surface area contributed by atoms with Gasteiger partial charge in [-0.05, 0) is 37.5 Å². The number of hydrogen-bond donors (Lipinski definition) is 0. The van der Waals surface area contributed by atoms with Gasteiger partial charge in [-0.25, -0.2) is 4.98 Å². The van der Waals surface area contributed by atoms with Crippen LogP contribution < -0.4 is 9.64 Å². The van der Waals surface area contributed by atoms with Crippen molar-refractivity contribution in [3.05, 3.63) is 24.0 Å². The van der Waals surface area contributed by atoms with Crippen LogP contribution in [0.2, 0.25) is 0 Å². The van der Waals surface area contributed by atoms with E-state index in [9.17, 15) is 0 Å². The maximum absolute atomic E-state index is 5.76. The van der Waals surface area contributed by atoms with Crippen LogP contribution in [0, 0.1) is 11.8 Å². The van der Waals surface area contributed by atoms with Crippen LogP contribution >= 0.6 is 0 Å². The second-order valence-corrected chi connectivity index (χ2v) is 7.69. The van der Waals surface area contributed by atoms with E-state index in [2.05, 4.69) is 20.0 Å². The Morgan fingerprint density at radius 2 is 2.24 bits per heavy atom. The first kappa shape index (κ1) is 15.1. The van der Waals surface area contributed by atoms with E-state index in [0.29, 0.717) is 11.8 Å². The zero-order valence-corrected chi connectivity index (χ0v) is 14.5. The third kappa shape index (κ3) is 2.56. The van der Waals surface area contributed by atoms with Crippen molar-refractivity contribution < 1.29 is 9.26 Å². The molecule has 0 aromatic carbocycles. The fourth-order valence-electron chi connectivity index (χ4n) is 4.51. The van der Waals surface area contributed by atoms with Crippen molar-refractivity contribution in [2.24, 2.45) is 11.8 Å². The van der Waals surface area contributed by atoms with Gasteiger partial charge in [0.25, 0.3) is 0 Å². The molecular formula is C18H23N5O2. The molecule has 2 aromatic heterocycles. The van der Waals surface area contributed by atoms with Gasteiger partial charge in [0.1, 0.15) is 0 Å². The first-order chi connectivity index (χ1) is 12.3. The summed E-state index contributed by atoms with van der Waals surface area (Å²) in [5.74, 6) is 4.33. The minimum Gasteiger partial charge on any atom is -0.481 e. The van der Waals surface area contributed by atoms with Gasteiger partial charge in [0.05, 0.1) is 12.5 Å². The van der Waals surface area contributed by atoms with Crippen molar-refractivity contribution in [1.82, 2.24) is 20.1 Å². The molecule has 2 aromatic rings. The topological polar surface area (TPSA) is 77.2 Å². The molecule has 7 heteroatoms. The molecule has 0 unspecified atom stereocenters. The predicted molar refractivity (Wildman–Crippen MR) is 90.5 cm³/mol. The molecular weight excluding hydrogens is 318 g/mol. The Kier molecular flexibility index (Phi) is 3.43. The van der Waals surface area contributed by atoms with Crippen LogP contribution in [0.3, 0.4) is 0 Å². The standard InChI is InChI=1S/C18H23N5O2/c1-24-15-6-8-19-17(21-15)23-10-13-3-2-7-18(13,11-23)16-20-14(22-25-16)9-12-4-5-12/h6,8,12-13H,2-5,7,9-11H2,1H3/t13-,18-/m1/s1. The molecule has 3 aliphatic rings. The van der Waals surface area contributed by atoms with E-state index in [-0.39, 0.29) is 5.41 Å². The highest BCUT2D eigenvalue weighted by atomic mass is 16.5. The molecule has 1 saturated heterocycles. The van der Waals surface area contributed by atoms with Gasteiger partial charge in [0.2, 0.25) is 17.7 Å². The second-order valence-electron chi connectivity index (χ2n) is 7.69. The molecule has 2 saturated carbocycles. The first-order valence-corrected chi connectivity index (χ1v) is 9.22. The maximum atomic E-state index is 5.76. The van der Waals surface area contributed by atoms with E-state index in [1.807, 2.05) is 0 Å². The molecule has 3 fully saturated rings. The fraction of sp³-hybridized carbons (Fsp3) is 0.667. The Hall–Kier alpha value is -2.18. The van der Waals surface area contributed by atoms with Crippen molar-refractivity contribution in [1.29, 1.82) is 0 Å².